The van der Waals surface area contributed by atoms with Crippen molar-refractivity contribution in [1.29, 1.82) is 0 Å². The summed E-state index contributed by atoms with van der Waals surface area (Å²) in [5.74, 6) is -0.849. The Bertz CT molecular complexity index is 326. The van der Waals surface area contributed by atoms with Crippen molar-refractivity contribution in [2.45, 2.75) is 51.4 Å². The third-order valence-corrected chi connectivity index (χ3v) is 4.11. The summed E-state index contributed by atoms with van der Waals surface area (Å²) in [6.45, 7) is 8.24. The van der Waals surface area contributed by atoms with Crippen LogP contribution in [0.3, 0.4) is 0 Å². The van der Waals surface area contributed by atoms with Gasteiger partial charge in [-0.3, -0.25) is 4.79 Å². The number of carbonyl (C=O) groups excluding carboxylic acids is 2. The molecule has 2 unspecified atom stereocenters. The van der Waals surface area contributed by atoms with E-state index in [0.29, 0.717) is 19.4 Å². The molecule has 0 N–H and O–H groups in total. The van der Waals surface area contributed by atoms with Gasteiger partial charge in [0.1, 0.15) is 4.75 Å². The molecule has 4 nitrogen and oxygen atoms in total. The monoisotopic (exact) mass is 260 g/mol. The summed E-state index contributed by atoms with van der Waals surface area (Å²) in [5, 5.41) is 0. The third-order valence-electron chi connectivity index (χ3n) is 3.17. The van der Waals surface area contributed by atoms with Crippen molar-refractivity contribution in [2.75, 3.05) is 6.61 Å². The molecule has 5 heteroatoms. The van der Waals surface area contributed by atoms with Gasteiger partial charge in [0.25, 0.3) is 0 Å². The lowest BCUT2D eigenvalue weighted by Gasteiger charge is -2.15. The lowest BCUT2D eigenvalue weighted by molar-refractivity contribution is -0.160. The van der Waals surface area contributed by atoms with Crippen molar-refractivity contribution < 1.29 is 19.1 Å². The average molecular weight is 260 g/mol. The highest BCUT2D eigenvalue weighted by Crippen LogP contribution is 2.60. The molecule has 1 heterocycles. The smallest absolute Gasteiger partial charge is 0.347 e. The minimum Gasteiger partial charge on any atom is -0.463 e. The number of carbonyl (C=O) groups is 2. The fraction of sp³-hybridized carbons (Fsp3) is 0.833. The van der Waals surface area contributed by atoms with Crippen molar-refractivity contribution in [3.8, 4) is 0 Å². The lowest BCUT2D eigenvalue weighted by Crippen LogP contribution is -2.31. The summed E-state index contributed by atoms with van der Waals surface area (Å²) < 4.78 is 9.08. The summed E-state index contributed by atoms with van der Waals surface area (Å²) in [4.78, 5) is 22.8. The van der Waals surface area contributed by atoms with Crippen LogP contribution in [0.5, 0.6) is 0 Å². The van der Waals surface area contributed by atoms with Gasteiger partial charge in [-0.1, -0.05) is 27.7 Å². The summed E-state index contributed by atoms with van der Waals surface area (Å²) >= 11 is 4.32. The number of hydrogen-bond donors (Lipinski definition) is 1. The molecule has 2 rings (SSSR count). The molecule has 1 aliphatic carbocycles. The zero-order chi connectivity index (χ0) is 13.3. The number of rotatable bonds is 2. The SMILES string of the molecule is CC.CC1(C)CC1(S)C(=O)OC1CCOC1=O. The minimum atomic E-state index is -0.726. The first kappa shape index (κ1) is 14.4. The Balaban J connectivity index is 0.000000686. The molecule has 1 aliphatic heterocycles. The number of ether oxygens (including phenoxy) is 2. The van der Waals surface area contributed by atoms with Gasteiger partial charge in [0.15, 0.2) is 0 Å². The second-order valence-electron chi connectivity index (χ2n) is 4.77. The van der Waals surface area contributed by atoms with Crippen LogP contribution >= 0.6 is 12.6 Å². The van der Waals surface area contributed by atoms with Crippen molar-refractivity contribution in [1.82, 2.24) is 0 Å². The Morgan fingerprint density at radius 1 is 1.47 bits per heavy atom. The van der Waals surface area contributed by atoms with E-state index in [1.807, 2.05) is 27.7 Å². The summed E-state index contributed by atoms with van der Waals surface area (Å²) in [5.41, 5.74) is -0.143. The largest absolute Gasteiger partial charge is 0.463 e. The molecule has 1 saturated heterocycles. The Kier molecular flexibility index (Phi) is 4.12. The van der Waals surface area contributed by atoms with Crippen molar-refractivity contribution in [3.05, 3.63) is 0 Å². The van der Waals surface area contributed by atoms with E-state index < -0.39 is 22.8 Å². The average Bonchev–Trinajstić information content (AvgIpc) is 2.59. The van der Waals surface area contributed by atoms with Crippen LogP contribution in [0.25, 0.3) is 0 Å². The molecular weight excluding hydrogens is 240 g/mol. The van der Waals surface area contributed by atoms with Gasteiger partial charge in [0, 0.05) is 6.42 Å². The fourth-order valence-corrected chi connectivity index (χ4v) is 2.20. The molecule has 0 aromatic heterocycles. The Morgan fingerprint density at radius 3 is 2.35 bits per heavy atom. The number of hydrogen-bond acceptors (Lipinski definition) is 5. The van der Waals surface area contributed by atoms with E-state index in [0.717, 1.165) is 0 Å². The van der Waals surface area contributed by atoms with Crippen LogP contribution in [0, 0.1) is 5.41 Å². The molecule has 0 spiro atoms. The summed E-state index contributed by atoms with van der Waals surface area (Å²) in [6, 6.07) is 0. The van der Waals surface area contributed by atoms with E-state index in [1.54, 1.807) is 0 Å². The maximum atomic E-state index is 11.7. The number of esters is 2. The van der Waals surface area contributed by atoms with Gasteiger partial charge in [-0.05, 0) is 11.8 Å². The molecule has 0 aromatic carbocycles. The number of cyclic esters (lactones) is 1. The van der Waals surface area contributed by atoms with E-state index in [2.05, 4.69) is 12.6 Å². The Labute approximate surface area is 107 Å². The standard InChI is InChI=1S/C10H14O4S.C2H6/c1-9(2)5-10(9,15)8(12)14-6-3-4-13-7(6)11;1-2/h6,15H,3-5H2,1-2H3;1-2H3. The van der Waals surface area contributed by atoms with Crippen molar-refractivity contribution >= 4 is 24.6 Å². The topological polar surface area (TPSA) is 52.6 Å². The van der Waals surface area contributed by atoms with Crippen molar-refractivity contribution in [3.63, 3.8) is 0 Å². The lowest BCUT2D eigenvalue weighted by atomic mass is 10.1. The molecule has 1 saturated carbocycles. The van der Waals surface area contributed by atoms with Gasteiger partial charge >= 0.3 is 11.9 Å². The van der Waals surface area contributed by atoms with Crippen LogP contribution in [0.1, 0.15) is 40.5 Å². The second kappa shape index (κ2) is 4.88. The van der Waals surface area contributed by atoms with Gasteiger partial charge in [-0.25, -0.2) is 4.79 Å². The Morgan fingerprint density at radius 2 is 2.00 bits per heavy atom. The summed E-state index contributed by atoms with van der Waals surface area (Å²) in [7, 11) is 0. The number of thiol groups is 1. The Hall–Kier alpha value is -0.710. The first-order chi connectivity index (χ1) is 7.87. The van der Waals surface area contributed by atoms with E-state index in [4.69, 9.17) is 9.47 Å². The highest BCUT2D eigenvalue weighted by molar-refractivity contribution is 7.83. The molecule has 2 aliphatic rings. The molecule has 2 fully saturated rings. The summed E-state index contributed by atoms with van der Waals surface area (Å²) in [6.07, 6.45) is 0.413. The van der Waals surface area contributed by atoms with Crippen molar-refractivity contribution in [2.24, 2.45) is 5.41 Å². The zero-order valence-corrected chi connectivity index (χ0v) is 11.7. The molecule has 0 aromatic rings. The van der Waals surface area contributed by atoms with E-state index in [1.165, 1.54) is 0 Å². The maximum Gasteiger partial charge on any atom is 0.347 e. The van der Waals surface area contributed by atoms with Gasteiger partial charge in [-0.15, -0.1) is 0 Å². The molecular formula is C12H20O4S. The third kappa shape index (κ3) is 2.59. The highest BCUT2D eigenvalue weighted by Gasteiger charge is 2.65. The van der Waals surface area contributed by atoms with Gasteiger partial charge < -0.3 is 9.47 Å². The predicted octanol–water partition coefficient (Wildman–Crippen LogP) is 1.97. The normalized spacial score (nSPS) is 33.2. The van der Waals surface area contributed by atoms with Crippen LogP contribution < -0.4 is 0 Å². The zero-order valence-electron chi connectivity index (χ0n) is 10.8. The van der Waals surface area contributed by atoms with E-state index >= 15 is 0 Å². The molecule has 98 valence electrons. The maximum absolute atomic E-state index is 11.7. The van der Waals surface area contributed by atoms with E-state index in [-0.39, 0.29) is 5.41 Å². The quantitative estimate of drug-likeness (QED) is 0.609. The van der Waals surface area contributed by atoms with Crippen LogP contribution in [0.4, 0.5) is 0 Å². The highest BCUT2D eigenvalue weighted by atomic mass is 32.1. The molecule has 0 radical (unpaired) electrons. The molecule has 17 heavy (non-hydrogen) atoms. The molecule has 0 amide bonds. The van der Waals surface area contributed by atoms with E-state index in [9.17, 15) is 9.59 Å². The fourth-order valence-electron chi connectivity index (χ4n) is 1.75. The minimum absolute atomic E-state index is 0.143. The van der Waals surface area contributed by atoms with Gasteiger partial charge in [0.05, 0.1) is 6.61 Å². The van der Waals surface area contributed by atoms with Gasteiger partial charge in [0.2, 0.25) is 6.10 Å². The van der Waals surface area contributed by atoms with Gasteiger partial charge in [-0.2, -0.15) is 12.6 Å². The first-order valence-corrected chi connectivity index (χ1v) is 6.42. The first-order valence-electron chi connectivity index (χ1n) is 5.97. The predicted molar refractivity (Wildman–Crippen MR) is 66.9 cm³/mol. The van der Waals surface area contributed by atoms with Crippen LogP contribution in [-0.2, 0) is 19.1 Å². The van der Waals surface area contributed by atoms with Crippen LogP contribution in [0.15, 0.2) is 0 Å². The molecule has 0 bridgehead atoms. The van der Waals surface area contributed by atoms with Crippen LogP contribution in [0.2, 0.25) is 0 Å². The van der Waals surface area contributed by atoms with Crippen LogP contribution in [-0.4, -0.2) is 29.4 Å². The second-order valence-corrected chi connectivity index (χ2v) is 5.53. The molecule has 2 atom stereocenters.